The van der Waals surface area contributed by atoms with Crippen LogP contribution in [0.3, 0.4) is 0 Å². The maximum Gasteiger partial charge on any atom is 0.269 e. The maximum atomic E-state index is 14.1. The first-order chi connectivity index (χ1) is 17.2. The Morgan fingerprint density at radius 3 is 2.33 bits per heavy atom. The average molecular weight is 510 g/mol. The van der Waals surface area contributed by atoms with Crippen molar-refractivity contribution in [2.24, 2.45) is 0 Å². The number of hydrogen-bond acceptors (Lipinski definition) is 8. The normalized spacial score (nSPS) is 17.1. The van der Waals surface area contributed by atoms with Gasteiger partial charge in [-0.1, -0.05) is 0 Å². The van der Waals surface area contributed by atoms with Crippen LogP contribution in [-0.2, 0) is 23.3 Å². The lowest BCUT2D eigenvalue weighted by atomic mass is 9.67. The zero-order chi connectivity index (χ0) is 25.9. The Hall–Kier alpha value is -4.19. The minimum atomic E-state index is -1.75. The van der Waals surface area contributed by atoms with Crippen molar-refractivity contribution in [3.63, 3.8) is 0 Å². The molecule has 2 aliphatic heterocycles. The van der Waals surface area contributed by atoms with Gasteiger partial charge in [-0.3, -0.25) is 24.3 Å². The molecule has 0 saturated carbocycles. The van der Waals surface area contributed by atoms with Crippen LogP contribution < -0.4 is 25.7 Å². The van der Waals surface area contributed by atoms with Crippen molar-refractivity contribution >= 4 is 41.0 Å². The third-order valence-electron chi connectivity index (χ3n) is 6.80. The number of ether oxygens (including phenoxy) is 2. The number of nitro benzene ring substituents is 1. The van der Waals surface area contributed by atoms with Gasteiger partial charge in [0.1, 0.15) is 22.7 Å². The molecule has 186 valence electrons. The highest BCUT2D eigenvalue weighted by atomic mass is 32.1. The van der Waals surface area contributed by atoms with Crippen LogP contribution in [0.5, 0.6) is 11.5 Å². The highest BCUT2D eigenvalue weighted by molar-refractivity contribution is 7.71. The molecule has 1 atom stereocenters. The predicted molar refractivity (Wildman–Crippen MR) is 135 cm³/mol. The largest absolute Gasteiger partial charge is 0.497 e. The van der Waals surface area contributed by atoms with Crippen molar-refractivity contribution in [1.29, 1.82) is 0 Å². The number of rotatable bonds is 5. The number of anilines is 3. The summed E-state index contributed by atoms with van der Waals surface area (Å²) in [6.45, 7) is 4.35. The molecule has 0 radical (unpaired) electrons. The van der Waals surface area contributed by atoms with E-state index >= 15 is 0 Å². The molecule has 0 aliphatic carbocycles. The summed E-state index contributed by atoms with van der Waals surface area (Å²) in [7, 11) is 2.95. The van der Waals surface area contributed by atoms with Crippen molar-refractivity contribution in [2.75, 3.05) is 24.9 Å². The number of aromatic nitrogens is 2. The number of nitrogens with zero attached hydrogens (tertiary/aromatic N) is 3. The zero-order valence-electron chi connectivity index (χ0n) is 20.0. The highest BCUT2D eigenvalue weighted by Gasteiger charge is 2.58. The van der Waals surface area contributed by atoms with E-state index in [2.05, 4.69) is 10.6 Å². The second-order valence-corrected chi connectivity index (χ2v) is 8.73. The van der Waals surface area contributed by atoms with Crippen LogP contribution >= 0.6 is 12.2 Å². The van der Waals surface area contributed by atoms with Crippen molar-refractivity contribution in [2.45, 2.75) is 32.4 Å². The summed E-state index contributed by atoms with van der Waals surface area (Å²) in [6, 6.07) is 7.44. The molecule has 0 fully saturated rings. The van der Waals surface area contributed by atoms with Crippen LogP contribution in [0.2, 0.25) is 0 Å². The Balaban J connectivity index is 2.06. The number of benzene rings is 2. The van der Waals surface area contributed by atoms with Crippen LogP contribution in [-0.4, -0.2) is 34.2 Å². The van der Waals surface area contributed by atoms with E-state index in [9.17, 15) is 19.7 Å². The first-order valence-corrected chi connectivity index (χ1v) is 11.7. The van der Waals surface area contributed by atoms with Gasteiger partial charge in [0.05, 0.1) is 30.4 Å². The third-order valence-corrected chi connectivity index (χ3v) is 7.24. The van der Waals surface area contributed by atoms with E-state index in [4.69, 9.17) is 21.7 Å². The number of nitro groups is 1. The van der Waals surface area contributed by atoms with Crippen LogP contribution in [0.25, 0.3) is 0 Å². The molecule has 5 rings (SSSR count). The standard InChI is InChI=1S/C24H23N5O6S/c1-5-27-20-19(21(30)28(6-2)23(27)36)24(18-16(25-20)10-13(34-3)11-17(18)35-4)14-9-12(29(32)33)7-8-15(14)26-22(24)31/h7-11,25H,5-6H2,1-4H3,(H,26,31)/t24-/m0/s1. The predicted octanol–water partition coefficient (Wildman–Crippen LogP) is 3.69. The van der Waals surface area contributed by atoms with Crippen molar-refractivity contribution < 1.29 is 19.2 Å². The van der Waals surface area contributed by atoms with Gasteiger partial charge in [-0.05, 0) is 32.1 Å². The lowest BCUT2D eigenvalue weighted by molar-refractivity contribution is -0.384. The fraction of sp³-hybridized carbons (Fsp3) is 0.292. The Bertz CT molecular complexity index is 1590. The van der Waals surface area contributed by atoms with E-state index in [0.29, 0.717) is 39.8 Å². The van der Waals surface area contributed by atoms with Gasteiger partial charge < -0.3 is 24.7 Å². The van der Waals surface area contributed by atoms with Gasteiger partial charge in [-0.25, -0.2) is 0 Å². The third kappa shape index (κ3) is 2.87. The first-order valence-electron chi connectivity index (χ1n) is 11.3. The Kier molecular flexibility index (Phi) is 5.36. The molecular formula is C24H23N5O6S. The topological polar surface area (TPSA) is 130 Å². The Morgan fingerprint density at radius 1 is 1.00 bits per heavy atom. The summed E-state index contributed by atoms with van der Waals surface area (Å²) in [5, 5.41) is 17.9. The summed E-state index contributed by atoms with van der Waals surface area (Å²) in [5.41, 5.74) is -0.835. The van der Waals surface area contributed by atoms with Gasteiger partial charge in [0.25, 0.3) is 11.2 Å². The molecule has 12 heteroatoms. The summed E-state index contributed by atoms with van der Waals surface area (Å²) in [6.07, 6.45) is 0. The quantitative estimate of drug-likeness (QED) is 0.303. The molecule has 2 aromatic carbocycles. The van der Waals surface area contributed by atoms with Crippen molar-refractivity contribution in [3.8, 4) is 11.5 Å². The molecule has 0 saturated heterocycles. The Labute approximate surface area is 210 Å². The lowest BCUT2D eigenvalue weighted by Gasteiger charge is -2.38. The fourth-order valence-corrected chi connectivity index (χ4v) is 5.68. The van der Waals surface area contributed by atoms with E-state index in [-0.39, 0.29) is 29.1 Å². The van der Waals surface area contributed by atoms with E-state index in [1.807, 2.05) is 6.92 Å². The average Bonchev–Trinajstić information content (AvgIpc) is 3.14. The van der Waals surface area contributed by atoms with Gasteiger partial charge in [0.2, 0.25) is 5.91 Å². The smallest absolute Gasteiger partial charge is 0.269 e. The van der Waals surface area contributed by atoms with E-state index < -0.39 is 21.8 Å². The number of methoxy groups -OCH3 is 2. The molecule has 36 heavy (non-hydrogen) atoms. The van der Waals surface area contributed by atoms with Crippen molar-refractivity contribution in [3.05, 3.63) is 72.3 Å². The fourth-order valence-electron chi connectivity index (χ4n) is 5.25. The molecule has 1 aromatic heterocycles. The molecule has 0 bridgehead atoms. The van der Waals surface area contributed by atoms with E-state index in [1.165, 1.54) is 37.0 Å². The zero-order valence-corrected chi connectivity index (χ0v) is 20.8. The highest BCUT2D eigenvalue weighted by Crippen LogP contribution is 2.57. The molecule has 11 nitrogen and oxygen atoms in total. The van der Waals surface area contributed by atoms with Gasteiger partial charge in [0, 0.05) is 54.2 Å². The molecule has 3 aromatic rings. The van der Waals surface area contributed by atoms with E-state index in [0.717, 1.165) is 0 Å². The summed E-state index contributed by atoms with van der Waals surface area (Å²) >= 11 is 5.63. The molecule has 0 unspecified atom stereocenters. The second-order valence-electron chi connectivity index (χ2n) is 8.37. The van der Waals surface area contributed by atoms with Gasteiger partial charge >= 0.3 is 0 Å². The molecule has 3 heterocycles. The molecule has 1 spiro atoms. The minimum absolute atomic E-state index is 0.118. The molecule has 2 N–H and O–H groups in total. The summed E-state index contributed by atoms with van der Waals surface area (Å²) in [5.74, 6) is 0.558. The van der Waals surface area contributed by atoms with Crippen LogP contribution in [0.15, 0.2) is 35.1 Å². The summed E-state index contributed by atoms with van der Waals surface area (Å²) < 4.78 is 14.6. The van der Waals surface area contributed by atoms with Gasteiger partial charge in [0.15, 0.2) is 4.77 Å². The number of non-ortho nitro benzene ring substituents is 1. The molecule has 1 amide bonds. The van der Waals surface area contributed by atoms with E-state index in [1.54, 1.807) is 23.6 Å². The van der Waals surface area contributed by atoms with Gasteiger partial charge in [-0.2, -0.15) is 0 Å². The lowest BCUT2D eigenvalue weighted by Crippen LogP contribution is -2.47. The first kappa shape index (κ1) is 23.5. The number of hydrogen-bond donors (Lipinski definition) is 2. The van der Waals surface area contributed by atoms with Crippen LogP contribution in [0.4, 0.5) is 22.9 Å². The number of fused-ring (bicyclic) bond motifs is 6. The maximum absolute atomic E-state index is 14.1. The number of nitrogens with one attached hydrogen (secondary N) is 2. The second kappa shape index (κ2) is 8.19. The monoisotopic (exact) mass is 509 g/mol. The van der Waals surface area contributed by atoms with Crippen LogP contribution in [0, 0.1) is 14.9 Å². The number of carbonyl (C=O) groups excluding carboxylic acids is 1. The molecular weight excluding hydrogens is 486 g/mol. The number of amides is 1. The van der Waals surface area contributed by atoms with Crippen LogP contribution in [0.1, 0.15) is 30.5 Å². The molecule has 2 aliphatic rings. The Morgan fingerprint density at radius 2 is 1.72 bits per heavy atom. The summed E-state index contributed by atoms with van der Waals surface area (Å²) in [4.78, 5) is 39.4. The number of carbonyl (C=O) groups is 1. The minimum Gasteiger partial charge on any atom is -0.497 e. The SMILES string of the molecule is CCn1c2c(c(=O)n(CC)c1=S)[C@@]1(C(=O)Nc3ccc([N+](=O)[O-])cc31)c1c(cc(OC)cc1OC)N2. The van der Waals surface area contributed by atoms with Crippen molar-refractivity contribution in [1.82, 2.24) is 9.13 Å². The van der Waals surface area contributed by atoms with Gasteiger partial charge in [-0.15, -0.1) is 0 Å².